The molecule has 0 saturated heterocycles. The molecule has 4 nitrogen and oxygen atoms in total. The molecule has 0 aliphatic rings. The lowest BCUT2D eigenvalue weighted by atomic mass is 10.1. The van der Waals surface area contributed by atoms with Gasteiger partial charge in [0.2, 0.25) is 9.84 Å². The lowest BCUT2D eigenvalue weighted by molar-refractivity contribution is 0.596. The van der Waals surface area contributed by atoms with E-state index < -0.39 is 9.84 Å². The lowest BCUT2D eigenvalue weighted by Gasteiger charge is -2.25. The fourth-order valence-corrected chi connectivity index (χ4v) is 5.91. The minimum atomic E-state index is -3.70. The van der Waals surface area contributed by atoms with Crippen molar-refractivity contribution in [3.63, 3.8) is 0 Å². The molecule has 44 heavy (non-hydrogen) atoms. The van der Waals surface area contributed by atoms with Crippen molar-refractivity contribution in [3.8, 4) is 0 Å². The van der Waals surface area contributed by atoms with Crippen molar-refractivity contribution in [2.24, 2.45) is 0 Å². The van der Waals surface area contributed by atoms with Gasteiger partial charge in [-0.2, -0.15) is 0 Å². The zero-order chi connectivity index (χ0) is 32.4. The Morgan fingerprint density at radius 3 is 2.02 bits per heavy atom. The molecule has 0 radical (unpaired) electrons. The second-order valence-corrected chi connectivity index (χ2v) is 12.4. The summed E-state index contributed by atoms with van der Waals surface area (Å²) in [6.07, 6.45) is 27.9. The van der Waals surface area contributed by atoms with Crippen LogP contribution in [-0.4, -0.2) is 15.5 Å². The van der Waals surface area contributed by atoms with E-state index in [2.05, 4.69) is 86.4 Å². The molecule has 0 aliphatic carbocycles. The summed E-state index contributed by atoms with van der Waals surface area (Å²) in [6.45, 7) is 16.1. The van der Waals surface area contributed by atoms with Crippen LogP contribution in [-0.2, 0) is 9.84 Å². The van der Waals surface area contributed by atoms with Crippen LogP contribution >= 0.6 is 0 Å². The molecule has 0 unspecified atom stereocenters. The molecule has 0 aliphatic heterocycles. The van der Waals surface area contributed by atoms with Gasteiger partial charge in [-0.05, 0) is 106 Å². The summed E-state index contributed by atoms with van der Waals surface area (Å²) in [6, 6.07) is 14.2. The highest BCUT2D eigenvalue weighted by molar-refractivity contribution is 7.91. The summed E-state index contributed by atoms with van der Waals surface area (Å²) in [5, 5.41) is 0. The average Bonchev–Trinajstić information content (AvgIpc) is 3.03. The highest BCUT2D eigenvalue weighted by atomic mass is 32.2. The first-order valence-electron chi connectivity index (χ1n) is 15.4. The monoisotopic (exact) mass is 610 g/mol. The van der Waals surface area contributed by atoms with Crippen molar-refractivity contribution in [1.29, 1.82) is 0 Å². The van der Waals surface area contributed by atoms with Crippen LogP contribution in [0, 0.1) is 0 Å². The predicted molar refractivity (Wildman–Crippen MR) is 192 cm³/mol. The molecule has 2 aromatic rings. The van der Waals surface area contributed by atoms with Crippen molar-refractivity contribution >= 4 is 21.2 Å². The largest absolute Gasteiger partial charge is 0.348 e. The summed E-state index contributed by atoms with van der Waals surface area (Å²) >= 11 is 0. The fraction of sp³-hybridized carbons (Fsp3) is 0.282. The maximum Gasteiger partial charge on any atom is 0.206 e. The molecule has 0 bridgehead atoms. The smallest absolute Gasteiger partial charge is 0.206 e. The van der Waals surface area contributed by atoms with E-state index in [1.807, 2.05) is 56.5 Å². The van der Waals surface area contributed by atoms with E-state index >= 15 is 0 Å². The van der Waals surface area contributed by atoms with Crippen molar-refractivity contribution in [3.05, 3.63) is 146 Å². The Morgan fingerprint density at radius 2 is 1.48 bits per heavy atom. The van der Waals surface area contributed by atoms with E-state index in [4.69, 9.17) is 0 Å². The van der Waals surface area contributed by atoms with Crippen LogP contribution in [0.4, 0.5) is 11.4 Å². The van der Waals surface area contributed by atoms with E-state index in [9.17, 15) is 8.42 Å². The molecule has 234 valence electrons. The van der Waals surface area contributed by atoms with Crippen molar-refractivity contribution in [2.45, 2.75) is 76.0 Å². The zero-order valence-corrected chi connectivity index (χ0v) is 28.1. The van der Waals surface area contributed by atoms with E-state index in [1.54, 1.807) is 30.3 Å². The Morgan fingerprint density at radius 1 is 0.841 bits per heavy atom. The molecule has 2 rings (SSSR count). The molecule has 0 atom stereocenters. The van der Waals surface area contributed by atoms with Crippen molar-refractivity contribution in [1.82, 2.24) is 0 Å². The zero-order valence-electron chi connectivity index (χ0n) is 27.2. The van der Waals surface area contributed by atoms with Crippen LogP contribution in [0.2, 0.25) is 0 Å². The lowest BCUT2D eigenvalue weighted by Crippen LogP contribution is -2.16. The molecule has 0 spiro atoms. The molecule has 2 aromatic carbocycles. The molecular weight excluding hydrogens is 561 g/mol. The van der Waals surface area contributed by atoms with Crippen LogP contribution in [0.3, 0.4) is 0 Å². The van der Waals surface area contributed by atoms with Gasteiger partial charge in [0, 0.05) is 42.4 Å². The molecule has 0 N–H and O–H groups in total. The maximum absolute atomic E-state index is 13.6. The first-order chi connectivity index (χ1) is 21.2. The third kappa shape index (κ3) is 10.9. The summed E-state index contributed by atoms with van der Waals surface area (Å²) < 4.78 is 27.2. The van der Waals surface area contributed by atoms with Crippen LogP contribution in [0.5, 0.6) is 0 Å². The minimum Gasteiger partial charge on any atom is -0.348 e. The maximum atomic E-state index is 13.6. The van der Waals surface area contributed by atoms with Crippen molar-refractivity contribution < 1.29 is 8.42 Å². The first-order valence-corrected chi connectivity index (χ1v) is 16.9. The molecule has 5 heteroatoms. The minimum absolute atomic E-state index is 0.258. The van der Waals surface area contributed by atoms with Crippen LogP contribution in [0.15, 0.2) is 155 Å². The Hall–Kier alpha value is -4.09. The van der Waals surface area contributed by atoms with Gasteiger partial charge in [-0.1, -0.05) is 75.1 Å². The van der Waals surface area contributed by atoms with Crippen molar-refractivity contribution in [2.75, 3.05) is 16.8 Å². The molecule has 0 saturated carbocycles. The first kappa shape index (κ1) is 36.1. The van der Waals surface area contributed by atoms with Gasteiger partial charge in [0.25, 0.3) is 0 Å². The normalized spacial score (nSPS) is 13.2. The Labute approximate surface area is 267 Å². The number of nitrogens with zero attached hydrogens (tertiary/aromatic N) is 2. The molecule has 0 heterocycles. The van der Waals surface area contributed by atoms with Gasteiger partial charge in [0.1, 0.15) is 0 Å². The third-order valence-electron chi connectivity index (χ3n) is 6.99. The highest BCUT2D eigenvalue weighted by Gasteiger charge is 2.19. The number of anilines is 2. The summed E-state index contributed by atoms with van der Waals surface area (Å²) in [7, 11) is -1.70. The second kappa shape index (κ2) is 19.2. The van der Waals surface area contributed by atoms with Crippen LogP contribution in [0.1, 0.15) is 66.2 Å². The van der Waals surface area contributed by atoms with Gasteiger partial charge in [0.15, 0.2) is 0 Å². The number of allylic oxidation sites excluding steroid dienone is 12. The number of sulfone groups is 1. The van der Waals surface area contributed by atoms with Gasteiger partial charge in [-0.15, -0.1) is 6.58 Å². The van der Waals surface area contributed by atoms with E-state index in [-0.39, 0.29) is 9.79 Å². The number of benzene rings is 2. The van der Waals surface area contributed by atoms with Crippen LogP contribution < -0.4 is 9.80 Å². The van der Waals surface area contributed by atoms with Crippen LogP contribution in [0.25, 0.3) is 0 Å². The van der Waals surface area contributed by atoms with Gasteiger partial charge in [-0.25, -0.2) is 8.42 Å². The SMILES string of the molecule is C=C/C=C(\CC/C=C\CC)N(C)c1ccc(S(=O)(=O)c2ccc(N(/C=C(C)/C=C\C/C=C\C)/C(=C/CC)CC=C)cc2)cc1. The molecule has 0 aromatic heterocycles. The van der Waals surface area contributed by atoms with E-state index in [0.29, 0.717) is 6.42 Å². The third-order valence-corrected chi connectivity index (χ3v) is 8.78. The molecular formula is C39H50N2O2S. The predicted octanol–water partition coefficient (Wildman–Crippen LogP) is 10.9. The Kier molecular flexibility index (Phi) is 15.8. The summed E-state index contributed by atoms with van der Waals surface area (Å²) in [4.78, 5) is 4.72. The summed E-state index contributed by atoms with van der Waals surface area (Å²) in [5.41, 5.74) is 5.10. The molecule has 0 fully saturated rings. The number of rotatable bonds is 18. The van der Waals surface area contributed by atoms with E-state index in [0.717, 1.165) is 60.4 Å². The molecule has 0 amide bonds. The van der Waals surface area contributed by atoms with E-state index in [1.165, 1.54) is 0 Å². The fourth-order valence-electron chi connectivity index (χ4n) is 4.65. The number of hydrogen-bond donors (Lipinski definition) is 0. The standard InChI is InChI=1S/C39H50N2O2S/c1-8-13-15-17-22-33(6)32-41(36(20-11-4)21-12-5)37-26-30-39(31-27-37)44(42,43)38-28-24-35(25-29-38)40(7)34(19-10-3)23-18-16-14-9-2/h8,10-11,13-14,16-17,19,21-22,24-32H,3-4,9,12,15,18,20,23H2,1-2,5-7H3/b13-8-,16-14-,22-17-,33-32+,34-19+,36-21+. The quantitative estimate of drug-likeness (QED) is 0.124. The summed E-state index contributed by atoms with van der Waals surface area (Å²) in [5.74, 6) is 0. The van der Waals surface area contributed by atoms with Gasteiger partial charge >= 0.3 is 0 Å². The Bertz CT molecular complexity index is 1490. The second-order valence-electron chi connectivity index (χ2n) is 10.4. The number of hydrogen-bond acceptors (Lipinski definition) is 4. The highest BCUT2D eigenvalue weighted by Crippen LogP contribution is 2.29. The van der Waals surface area contributed by atoms with Gasteiger partial charge in [-0.3, -0.25) is 0 Å². The topological polar surface area (TPSA) is 40.6 Å². The van der Waals surface area contributed by atoms with Gasteiger partial charge < -0.3 is 9.80 Å². The van der Waals surface area contributed by atoms with Gasteiger partial charge in [0.05, 0.1) is 9.79 Å². The Balaban J connectivity index is 2.37. The average molecular weight is 611 g/mol.